The van der Waals surface area contributed by atoms with E-state index in [0.29, 0.717) is 31.8 Å². The van der Waals surface area contributed by atoms with Gasteiger partial charge < -0.3 is 11.1 Å². The number of rotatable bonds is 9. The second-order valence-electron chi connectivity index (χ2n) is 7.78. The molecule has 1 atom stereocenters. The molecule has 0 bridgehead atoms. The first-order valence-electron chi connectivity index (χ1n) is 10.1. The van der Waals surface area contributed by atoms with Crippen molar-refractivity contribution in [3.8, 4) is 0 Å². The summed E-state index contributed by atoms with van der Waals surface area (Å²) in [6.45, 7) is 2.70. The molecular formula is C23H28FN3O2. The van der Waals surface area contributed by atoms with Gasteiger partial charge in [-0.3, -0.25) is 14.5 Å². The summed E-state index contributed by atoms with van der Waals surface area (Å²) in [6.07, 6.45) is 3.07. The SMILES string of the molecule is NC(=O)CN1CCC(Cc2ccc(CC(=O)NCCc3ccc(F)cc3)cc2)C1. The van der Waals surface area contributed by atoms with E-state index in [9.17, 15) is 14.0 Å². The normalized spacial score (nSPS) is 16.7. The number of benzene rings is 2. The summed E-state index contributed by atoms with van der Waals surface area (Å²) in [4.78, 5) is 25.3. The summed E-state index contributed by atoms with van der Waals surface area (Å²) >= 11 is 0. The molecule has 1 aliphatic heterocycles. The Bertz CT molecular complexity index is 821. The van der Waals surface area contributed by atoms with Gasteiger partial charge in [0.2, 0.25) is 11.8 Å². The van der Waals surface area contributed by atoms with Gasteiger partial charge in [0.25, 0.3) is 0 Å². The third kappa shape index (κ3) is 6.98. The van der Waals surface area contributed by atoms with E-state index in [4.69, 9.17) is 5.73 Å². The fraction of sp³-hybridized carbons (Fsp3) is 0.391. The molecule has 29 heavy (non-hydrogen) atoms. The highest BCUT2D eigenvalue weighted by Crippen LogP contribution is 2.21. The van der Waals surface area contributed by atoms with Crippen LogP contribution < -0.4 is 11.1 Å². The van der Waals surface area contributed by atoms with Crippen molar-refractivity contribution in [2.75, 3.05) is 26.2 Å². The van der Waals surface area contributed by atoms with Crippen LogP contribution in [0.1, 0.15) is 23.1 Å². The Labute approximate surface area is 171 Å². The molecule has 1 aliphatic rings. The van der Waals surface area contributed by atoms with E-state index in [0.717, 1.165) is 37.1 Å². The van der Waals surface area contributed by atoms with Crippen LogP contribution in [0.2, 0.25) is 0 Å². The zero-order chi connectivity index (χ0) is 20.6. The molecule has 2 aromatic rings. The highest BCUT2D eigenvalue weighted by atomic mass is 19.1. The quantitative estimate of drug-likeness (QED) is 0.680. The Morgan fingerprint density at radius 1 is 1.03 bits per heavy atom. The predicted octanol–water partition coefficient (Wildman–Crippen LogP) is 2.08. The van der Waals surface area contributed by atoms with Gasteiger partial charge >= 0.3 is 0 Å². The highest BCUT2D eigenvalue weighted by Gasteiger charge is 2.23. The first kappa shape index (κ1) is 21.0. The lowest BCUT2D eigenvalue weighted by atomic mass is 9.97. The Morgan fingerprint density at radius 2 is 1.69 bits per heavy atom. The maximum Gasteiger partial charge on any atom is 0.231 e. The molecule has 1 saturated heterocycles. The van der Waals surface area contributed by atoms with Crippen LogP contribution in [-0.4, -0.2) is 42.9 Å². The average molecular weight is 397 g/mol. The summed E-state index contributed by atoms with van der Waals surface area (Å²) in [5.41, 5.74) is 8.49. The van der Waals surface area contributed by atoms with Crippen LogP contribution in [-0.2, 0) is 28.9 Å². The van der Waals surface area contributed by atoms with Crippen LogP contribution >= 0.6 is 0 Å². The number of likely N-dealkylation sites (tertiary alicyclic amines) is 1. The van der Waals surface area contributed by atoms with Gasteiger partial charge in [-0.25, -0.2) is 4.39 Å². The Morgan fingerprint density at radius 3 is 2.38 bits per heavy atom. The second kappa shape index (κ2) is 10.2. The molecule has 6 heteroatoms. The number of primary amides is 1. The minimum Gasteiger partial charge on any atom is -0.369 e. The smallest absolute Gasteiger partial charge is 0.231 e. The average Bonchev–Trinajstić information content (AvgIpc) is 3.11. The topological polar surface area (TPSA) is 75.4 Å². The van der Waals surface area contributed by atoms with E-state index in [-0.39, 0.29) is 17.6 Å². The van der Waals surface area contributed by atoms with E-state index in [1.165, 1.54) is 17.7 Å². The van der Waals surface area contributed by atoms with E-state index >= 15 is 0 Å². The number of hydrogen-bond donors (Lipinski definition) is 2. The zero-order valence-corrected chi connectivity index (χ0v) is 16.6. The molecule has 0 radical (unpaired) electrons. The maximum absolute atomic E-state index is 12.9. The second-order valence-corrected chi connectivity index (χ2v) is 7.78. The van der Waals surface area contributed by atoms with Gasteiger partial charge in [0.15, 0.2) is 0 Å². The number of nitrogens with zero attached hydrogens (tertiary/aromatic N) is 1. The van der Waals surface area contributed by atoms with Gasteiger partial charge in [0.1, 0.15) is 5.82 Å². The van der Waals surface area contributed by atoms with Crippen molar-refractivity contribution in [3.05, 3.63) is 71.0 Å². The number of hydrogen-bond acceptors (Lipinski definition) is 3. The molecule has 0 saturated carbocycles. The zero-order valence-electron chi connectivity index (χ0n) is 16.6. The van der Waals surface area contributed by atoms with E-state index in [1.54, 1.807) is 12.1 Å². The van der Waals surface area contributed by atoms with Crippen molar-refractivity contribution in [2.24, 2.45) is 11.7 Å². The summed E-state index contributed by atoms with van der Waals surface area (Å²) in [6, 6.07) is 14.5. The number of nitrogens with two attached hydrogens (primary N) is 1. The van der Waals surface area contributed by atoms with Gasteiger partial charge in [-0.05, 0) is 60.5 Å². The third-order valence-corrected chi connectivity index (χ3v) is 5.31. The monoisotopic (exact) mass is 397 g/mol. The van der Waals surface area contributed by atoms with Crippen molar-refractivity contribution >= 4 is 11.8 Å². The molecule has 0 aliphatic carbocycles. The molecule has 3 N–H and O–H groups in total. The van der Waals surface area contributed by atoms with Crippen LogP contribution in [0.3, 0.4) is 0 Å². The van der Waals surface area contributed by atoms with Gasteiger partial charge in [-0.2, -0.15) is 0 Å². The van der Waals surface area contributed by atoms with E-state index in [2.05, 4.69) is 22.3 Å². The molecule has 1 heterocycles. The molecule has 0 aromatic heterocycles. The Hall–Kier alpha value is -2.73. The number of halogens is 1. The van der Waals surface area contributed by atoms with Crippen LogP contribution in [0.4, 0.5) is 4.39 Å². The third-order valence-electron chi connectivity index (χ3n) is 5.31. The van der Waals surface area contributed by atoms with Crippen molar-refractivity contribution in [3.63, 3.8) is 0 Å². The van der Waals surface area contributed by atoms with Gasteiger partial charge in [-0.15, -0.1) is 0 Å². The van der Waals surface area contributed by atoms with Crippen molar-refractivity contribution in [1.82, 2.24) is 10.2 Å². The number of nitrogens with one attached hydrogen (secondary N) is 1. The summed E-state index contributed by atoms with van der Waals surface area (Å²) in [5, 5.41) is 2.91. The van der Waals surface area contributed by atoms with Crippen molar-refractivity contribution in [1.29, 1.82) is 0 Å². The van der Waals surface area contributed by atoms with E-state index < -0.39 is 0 Å². The minimum atomic E-state index is -0.272. The summed E-state index contributed by atoms with van der Waals surface area (Å²) < 4.78 is 12.9. The lowest BCUT2D eigenvalue weighted by Crippen LogP contribution is -2.32. The maximum atomic E-state index is 12.9. The number of carbonyl (C=O) groups excluding carboxylic acids is 2. The van der Waals surface area contributed by atoms with Crippen molar-refractivity contribution < 1.29 is 14.0 Å². The molecule has 1 fully saturated rings. The minimum absolute atomic E-state index is 0.0160. The van der Waals surface area contributed by atoms with Gasteiger partial charge in [-0.1, -0.05) is 36.4 Å². The molecule has 2 aromatic carbocycles. The van der Waals surface area contributed by atoms with Crippen LogP contribution in [0.15, 0.2) is 48.5 Å². The molecule has 1 unspecified atom stereocenters. The van der Waals surface area contributed by atoms with E-state index in [1.807, 2.05) is 12.1 Å². The van der Waals surface area contributed by atoms with Crippen LogP contribution in [0.25, 0.3) is 0 Å². The first-order valence-corrected chi connectivity index (χ1v) is 10.1. The molecule has 0 spiro atoms. The standard InChI is InChI=1S/C23H28FN3O2/c24-21-7-5-17(6-8-21)9-11-26-23(29)14-19-3-1-18(2-4-19)13-20-10-12-27(15-20)16-22(25)28/h1-8,20H,9-16H2,(H2,25,28)(H,26,29). The van der Waals surface area contributed by atoms with Gasteiger partial charge in [0.05, 0.1) is 13.0 Å². The lowest BCUT2D eigenvalue weighted by molar-refractivity contribution is -0.120. The molecule has 2 amide bonds. The fourth-order valence-electron chi connectivity index (χ4n) is 3.82. The highest BCUT2D eigenvalue weighted by molar-refractivity contribution is 5.78. The summed E-state index contributed by atoms with van der Waals surface area (Å²) in [7, 11) is 0. The lowest BCUT2D eigenvalue weighted by Gasteiger charge is -2.14. The predicted molar refractivity (Wildman–Crippen MR) is 111 cm³/mol. The van der Waals surface area contributed by atoms with Crippen LogP contribution in [0, 0.1) is 11.7 Å². The van der Waals surface area contributed by atoms with Crippen LogP contribution in [0.5, 0.6) is 0 Å². The fourth-order valence-corrected chi connectivity index (χ4v) is 3.82. The molecule has 3 rings (SSSR count). The largest absolute Gasteiger partial charge is 0.369 e. The summed E-state index contributed by atoms with van der Waals surface area (Å²) in [5.74, 6) is -0.00389. The van der Waals surface area contributed by atoms with Crippen molar-refractivity contribution in [2.45, 2.75) is 25.7 Å². The van der Waals surface area contributed by atoms with Gasteiger partial charge in [0, 0.05) is 13.1 Å². The number of amides is 2. The number of carbonyl (C=O) groups is 2. The molecule has 5 nitrogen and oxygen atoms in total. The Balaban J connectivity index is 1.39. The Kier molecular flexibility index (Phi) is 7.36. The first-order chi connectivity index (χ1) is 14.0. The molecular weight excluding hydrogens is 369 g/mol. The molecule has 154 valence electrons.